The number of carbonyl (C=O) groups excluding carboxylic acids is 1. The van der Waals surface area contributed by atoms with Gasteiger partial charge in [0.2, 0.25) is 0 Å². The molecule has 1 aromatic rings. The number of esters is 1. The summed E-state index contributed by atoms with van der Waals surface area (Å²) in [6.07, 6.45) is 1.34. The first kappa shape index (κ1) is 6.66. The van der Waals surface area contributed by atoms with Gasteiger partial charge in [-0.1, -0.05) is 0 Å². The van der Waals surface area contributed by atoms with Crippen LogP contribution >= 0.6 is 0 Å². The Hall–Kier alpha value is -1.46. The van der Waals surface area contributed by atoms with Gasteiger partial charge in [-0.2, -0.15) is 0 Å². The lowest BCUT2D eigenvalue weighted by Crippen LogP contribution is -2.11. The Balaban J connectivity index is 2.48. The number of hydrogen-bond donors (Lipinski definition) is 0. The van der Waals surface area contributed by atoms with Crippen LogP contribution in [0.25, 0.3) is 0 Å². The van der Waals surface area contributed by atoms with Crippen molar-refractivity contribution < 1.29 is 9.53 Å². The van der Waals surface area contributed by atoms with E-state index in [1.54, 1.807) is 0 Å². The Morgan fingerprint density at radius 2 is 2.60 bits per heavy atom. The van der Waals surface area contributed by atoms with Gasteiger partial charge in [0, 0.05) is 0 Å². The van der Waals surface area contributed by atoms with E-state index in [0.29, 0.717) is 0 Å². The van der Waals surface area contributed by atoms with E-state index in [-0.39, 0.29) is 12.5 Å². The third-order valence-electron chi connectivity index (χ3n) is 0.910. The van der Waals surface area contributed by atoms with Crippen molar-refractivity contribution in [1.82, 2.24) is 20.2 Å². The molecule has 0 saturated carbocycles. The van der Waals surface area contributed by atoms with E-state index >= 15 is 0 Å². The largest absolute Gasteiger partial charge is 0.468 e. The molecule has 1 aromatic heterocycles. The van der Waals surface area contributed by atoms with Crippen LogP contribution in [0.2, 0.25) is 0 Å². The highest BCUT2D eigenvalue weighted by atomic mass is 16.5. The first-order chi connectivity index (χ1) is 4.83. The quantitative estimate of drug-likeness (QED) is 0.487. The molecular formula is C4H6N4O2. The fourth-order valence-corrected chi connectivity index (χ4v) is 0.450. The van der Waals surface area contributed by atoms with E-state index in [0.717, 1.165) is 0 Å². The molecule has 1 rings (SSSR count). The van der Waals surface area contributed by atoms with Crippen molar-refractivity contribution in [2.24, 2.45) is 0 Å². The van der Waals surface area contributed by atoms with Crippen LogP contribution in [0.4, 0.5) is 0 Å². The summed E-state index contributed by atoms with van der Waals surface area (Å²) in [6, 6.07) is 0. The molecule has 54 valence electrons. The lowest BCUT2D eigenvalue weighted by molar-refractivity contribution is -0.141. The summed E-state index contributed by atoms with van der Waals surface area (Å²) in [5.74, 6) is -0.368. The number of tetrazole rings is 1. The maximum absolute atomic E-state index is 10.5. The minimum atomic E-state index is -0.368. The van der Waals surface area contributed by atoms with Crippen molar-refractivity contribution in [1.29, 1.82) is 0 Å². The molecule has 0 aliphatic carbocycles. The highest BCUT2D eigenvalue weighted by molar-refractivity contribution is 5.68. The Labute approximate surface area is 56.8 Å². The molecule has 1 heterocycles. The van der Waals surface area contributed by atoms with Crippen molar-refractivity contribution in [2.45, 2.75) is 6.54 Å². The van der Waals surface area contributed by atoms with Gasteiger partial charge in [0.15, 0.2) is 0 Å². The molecule has 0 saturated heterocycles. The lowest BCUT2D eigenvalue weighted by atomic mass is 10.7. The SMILES string of the molecule is COC(=O)Cn1cnnn1. The third kappa shape index (κ3) is 1.51. The summed E-state index contributed by atoms with van der Waals surface area (Å²) in [6.45, 7) is 0.0590. The molecule has 0 aliphatic rings. The summed E-state index contributed by atoms with van der Waals surface area (Å²) in [4.78, 5) is 10.5. The molecule has 0 unspecified atom stereocenters. The van der Waals surface area contributed by atoms with Crippen LogP contribution in [0, 0.1) is 0 Å². The Bertz CT molecular complexity index is 207. The van der Waals surface area contributed by atoms with Gasteiger partial charge in [0.05, 0.1) is 7.11 Å². The summed E-state index contributed by atoms with van der Waals surface area (Å²) in [7, 11) is 1.31. The molecule has 10 heavy (non-hydrogen) atoms. The van der Waals surface area contributed by atoms with Crippen LogP contribution in [0.1, 0.15) is 0 Å². The van der Waals surface area contributed by atoms with Crippen molar-refractivity contribution in [3.05, 3.63) is 6.33 Å². The minimum absolute atomic E-state index is 0.0590. The minimum Gasteiger partial charge on any atom is -0.468 e. The average molecular weight is 142 g/mol. The zero-order valence-electron chi connectivity index (χ0n) is 5.39. The van der Waals surface area contributed by atoms with Gasteiger partial charge in [0.25, 0.3) is 0 Å². The molecule has 0 N–H and O–H groups in total. The summed E-state index contributed by atoms with van der Waals surface area (Å²) < 4.78 is 5.65. The summed E-state index contributed by atoms with van der Waals surface area (Å²) >= 11 is 0. The van der Waals surface area contributed by atoms with Gasteiger partial charge < -0.3 is 4.74 Å². The average Bonchev–Trinajstić information content (AvgIpc) is 2.40. The normalized spacial score (nSPS) is 9.30. The van der Waals surface area contributed by atoms with Crippen LogP contribution < -0.4 is 0 Å². The number of carbonyl (C=O) groups is 1. The molecule has 6 heteroatoms. The van der Waals surface area contributed by atoms with Crippen LogP contribution in [0.3, 0.4) is 0 Å². The Morgan fingerprint density at radius 3 is 3.10 bits per heavy atom. The first-order valence-corrected chi connectivity index (χ1v) is 2.60. The topological polar surface area (TPSA) is 69.9 Å². The predicted molar refractivity (Wildman–Crippen MR) is 29.8 cm³/mol. The van der Waals surface area contributed by atoms with Crippen molar-refractivity contribution in [3.63, 3.8) is 0 Å². The van der Waals surface area contributed by atoms with E-state index < -0.39 is 0 Å². The van der Waals surface area contributed by atoms with E-state index in [4.69, 9.17) is 0 Å². The Morgan fingerprint density at radius 1 is 1.80 bits per heavy atom. The number of ether oxygens (including phenoxy) is 1. The standard InChI is InChI=1S/C4H6N4O2/c1-10-4(9)2-8-3-5-6-7-8/h3H,2H2,1H3. The second kappa shape index (κ2) is 2.90. The molecule has 0 amide bonds. The molecule has 0 atom stereocenters. The second-order valence-electron chi connectivity index (χ2n) is 1.58. The van der Waals surface area contributed by atoms with E-state index in [9.17, 15) is 4.79 Å². The maximum Gasteiger partial charge on any atom is 0.327 e. The molecular weight excluding hydrogens is 136 g/mol. The molecule has 0 radical (unpaired) electrons. The van der Waals surface area contributed by atoms with E-state index in [1.165, 1.54) is 18.1 Å². The number of hydrogen-bond acceptors (Lipinski definition) is 5. The van der Waals surface area contributed by atoms with E-state index in [2.05, 4.69) is 20.3 Å². The van der Waals surface area contributed by atoms with Gasteiger partial charge in [-0.05, 0) is 10.4 Å². The highest BCUT2D eigenvalue weighted by Gasteiger charge is 2.00. The van der Waals surface area contributed by atoms with Gasteiger partial charge >= 0.3 is 5.97 Å². The zero-order chi connectivity index (χ0) is 7.40. The number of aromatic nitrogens is 4. The molecule has 6 nitrogen and oxygen atoms in total. The molecule has 0 aliphatic heterocycles. The maximum atomic E-state index is 10.5. The van der Waals surface area contributed by atoms with Crippen LogP contribution in [0.5, 0.6) is 0 Å². The number of methoxy groups -OCH3 is 1. The first-order valence-electron chi connectivity index (χ1n) is 2.60. The monoisotopic (exact) mass is 142 g/mol. The van der Waals surface area contributed by atoms with Gasteiger partial charge in [-0.3, -0.25) is 4.79 Å². The predicted octanol–water partition coefficient (Wildman–Crippen LogP) is -1.15. The van der Waals surface area contributed by atoms with E-state index in [1.807, 2.05) is 0 Å². The second-order valence-corrected chi connectivity index (χ2v) is 1.58. The van der Waals surface area contributed by atoms with Crippen molar-refractivity contribution >= 4 is 5.97 Å². The smallest absolute Gasteiger partial charge is 0.327 e. The van der Waals surface area contributed by atoms with Gasteiger partial charge in [-0.15, -0.1) is 5.10 Å². The van der Waals surface area contributed by atoms with Gasteiger partial charge in [0.1, 0.15) is 12.9 Å². The zero-order valence-corrected chi connectivity index (χ0v) is 5.39. The fourth-order valence-electron chi connectivity index (χ4n) is 0.450. The van der Waals surface area contributed by atoms with Crippen LogP contribution in [-0.4, -0.2) is 33.3 Å². The number of rotatable bonds is 2. The molecule has 0 spiro atoms. The molecule has 0 aromatic carbocycles. The third-order valence-corrected chi connectivity index (χ3v) is 0.910. The number of nitrogens with zero attached hydrogens (tertiary/aromatic N) is 4. The van der Waals surface area contributed by atoms with Crippen LogP contribution in [-0.2, 0) is 16.1 Å². The fraction of sp³-hybridized carbons (Fsp3) is 0.500. The lowest BCUT2D eigenvalue weighted by Gasteiger charge is -1.94. The van der Waals surface area contributed by atoms with Crippen molar-refractivity contribution in [2.75, 3.05) is 7.11 Å². The van der Waals surface area contributed by atoms with Crippen molar-refractivity contribution in [3.8, 4) is 0 Å². The molecule has 0 fully saturated rings. The van der Waals surface area contributed by atoms with Gasteiger partial charge in [-0.25, -0.2) is 4.68 Å². The Kier molecular flexibility index (Phi) is 1.93. The summed E-state index contributed by atoms with van der Waals surface area (Å²) in [5.41, 5.74) is 0. The molecule has 0 bridgehead atoms. The van der Waals surface area contributed by atoms with Crippen LogP contribution in [0.15, 0.2) is 6.33 Å². The summed E-state index contributed by atoms with van der Waals surface area (Å²) in [5, 5.41) is 10.1. The highest BCUT2D eigenvalue weighted by Crippen LogP contribution is 1.79.